The van der Waals surface area contributed by atoms with Gasteiger partial charge in [0.05, 0.1) is 6.61 Å². The second kappa shape index (κ2) is 2.77. The van der Waals surface area contributed by atoms with Crippen molar-refractivity contribution in [2.45, 2.75) is 12.5 Å². The maximum absolute atomic E-state index is 5.99. The molecule has 1 aromatic carbocycles. The van der Waals surface area contributed by atoms with Gasteiger partial charge in [0.15, 0.2) is 0 Å². The number of fused-ring (bicyclic) bond motifs is 1. The molecule has 1 atom stereocenters. The molecule has 0 radical (unpaired) electrons. The van der Waals surface area contributed by atoms with Crippen LogP contribution in [0.25, 0.3) is 10.9 Å². The standard InChI is InChI=1S/C12H12ClNO/c1-12(7-15-12)10-6-14(2)11-5-8(13)3-4-9(10)11/h3-6H,7H2,1-2H3. The van der Waals surface area contributed by atoms with Crippen molar-refractivity contribution < 1.29 is 4.74 Å². The summed E-state index contributed by atoms with van der Waals surface area (Å²) >= 11 is 5.99. The zero-order valence-corrected chi connectivity index (χ0v) is 9.51. The van der Waals surface area contributed by atoms with E-state index in [4.69, 9.17) is 16.3 Å². The fourth-order valence-corrected chi connectivity index (χ4v) is 2.21. The average Bonchev–Trinajstić information content (AvgIpc) is 2.85. The molecule has 3 heteroatoms. The van der Waals surface area contributed by atoms with Crippen LogP contribution in [0.2, 0.25) is 5.02 Å². The minimum absolute atomic E-state index is 0.0761. The molecule has 0 amide bonds. The number of benzene rings is 1. The molecule has 2 nitrogen and oxygen atoms in total. The van der Waals surface area contributed by atoms with E-state index in [1.807, 2.05) is 19.2 Å². The van der Waals surface area contributed by atoms with E-state index in [9.17, 15) is 0 Å². The molecule has 1 saturated heterocycles. The Morgan fingerprint density at radius 2 is 2.20 bits per heavy atom. The molecule has 0 N–H and O–H groups in total. The van der Waals surface area contributed by atoms with E-state index in [0.717, 1.165) is 17.1 Å². The lowest BCUT2D eigenvalue weighted by Gasteiger charge is -2.02. The summed E-state index contributed by atoms with van der Waals surface area (Å²) in [7, 11) is 2.04. The summed E-state index contributed by atoms with van der Waals surface area (Å²) in [5.41, 5.74) is 2.35. The highest BCUT2D eigenvalue weighted by Crippen LogP contribution is 2.42. The summed E-state index contributed by atoms with van der Waals surface area (Å²) in [5, 5.41) is 2.01. The lowest BCUT2D eigenvalue weighted by atomic mass is 10.0. The van der Waals surface area contributed by atoms with Gasteiger partial charge in [-0.2, -0.15) is 0 Å². The summed E-state index contributed by atoms with van der Waals surface area (Å²) in [5.74, 6) is 0. The van der Waals surface area contributed by atoms with Gasteiger partial charge < -0.3 is 9.30 Å². The third-order valence-electron chi connectivity index (χ3n) is 3.10. The Kier molecular flexibility index (Phi) is 1.71. The second-order valence-corrected chi connectivity index (χ2v) is 4.77. The monoisotopic (exact) mass is 221 g/mol. The molecule has 1 fully saturated rings. The summed E-state index contributed by atoms with van der Waals surface area (Å²) < 4.78 is 7.59. The van der Waals surface area contributed by atoms with Crippen LogP contribution >= 0.6 is 11.6 Å². The Morgan fingerprint density at radius 1 is 1.47 bits per heavy atom. The van der Waals surface area contributed by atoms with Crippen molar-refractivity contribution in [3.8, 4) is 0 Å². The number of aromatic nitrogens is 1. The van der Waals surface area contributed by atoms with Gasteiger partial charge in [0.25, 0.3) is 0 Å². The Bertz CT molecular complexity index is 540. The molecule has 1 aromatic heterocycles. The summed E-state index contributed by atoms with van der Waals surface area (Å²) in [6.07, 6.45) is 2.13. The first-order valence-electron chi connectivity index (χ1n) is 4.99. The lowest BCUT2D eigenvalue weighted by Crippen LogP contribution is -2.00. The van der Waals surface area contributed by atoms with Gasteiger partial charge in [0.2, 0.25) is 0 Å². The largest absolute Gasteiger partial charge is 0.365 e. The van der Waals surface area contributed by atoms with Gasteiger partial charge in [-0.15, -0.1) is 0 Å². The van der Waals surface area contributed by atoms with Crippen molar-refractivity contribution in [1.29, 1.82) is 0 Å². The third-order valence-corrected chi connectivity index (χ3v) is 3.33. The Morgan fingerprint density at radius 3 is 2.87 bits per heavy atom. The van der Waals surface area contributed by atoms with Crippen LogP contribution < -0.4 is 0 Å². The normalized spacial score (nSPS) is 24.7. The Hall–Kier alpha value is -0.990. The maximum atomic E-state index is 5.99. The van der Waals surface area contributed by atoms with E-state index >= 15 is 0 Å². The molecule has 1 unspecified atom stereocenters. The molecule has 3 rings (SSSR count). The SMILES string of the molecule is Cn1cc(C2(C)CO2)c2ccc(Cl)cc21. The highest BCUT2D eigenvalue weighted by molar-refractivity contribution is 6.31. The van der Waals surface area contributed by atoms with Crippen LogP contribution in [0.15, 0.2) is 24.4 Å². The van der Waals surface area contributed by atoms with Gasteiger partial charge in [-0.1, -0.05) is 17.7 Å². The summed E-state index contributed by atoms with van der Waals surface area (Å²) in [6, 6.07) is 5.99. The molecule has 78 valence electrons. The van der Waals surface area contributed by atoms with Gasteiger partial charge in [-0.05, 0) is 19.1 Å². The fraction of sp³-hybridized carbons (Fsp3) is 0.333. The lowest BCUT2D eigenvalue weighted by molar-refractivity contribution is 0.331. The van der Waals surface area contributed by atoms with Crippen molar-refractivity contribution in [1.82, 2.24) is 4.57 Å². The molecule has 1 aliphatic rings. The second-order valence-electron chi connectivity index (χ2n) is 4.33. The number of halogens is 1. The first kappa shape index (κ1) is 9.25. The van der Waals surface area contributed by atoms with Crippen LogP contribution in [0.5, 0.6) is 0 Å². The van der Waals surface area contributed by atoms with Gasteiger partial charge in [0, 0.05) is 34.7 Å². The van der Waals surface area contributed by atoms with Crippen LogP contribution in [0.4, 0.5) is 0 Å². The van der Waals surface area contributed by atoms with Crippen molar-refractivity contribution in [3.05, 3.63) is 35.0 Å². The molecule has 2 aromatic rings. The summed E-state index contributed by atoms with van der Waals surface area (Å²) in [6.45, 7) is 2.94. The maximum Gasteiger partial charge on any atom is 0.116 e. The number of epoxide rings is 1. The number of ether oxygens (including phenoxy) is 1. The smallest absolute Gasteiger partial charge is 0.116 e. The average molecular weight is 222 g/mol. The predicted octanol–water partition coefficient (Wildman–Crippen LogP) is 3.08. The molecular weight excluding hydrogens is 210 g/mol. The van der Waals surface area contributed by atoms with Crippen molar-refractivity contribution in [2.24, 2.45) is 7.05 Å². The van der Waals surface area contributed by atoms with Crippen LogP contribution in [-0.2, 0) is 17.4 Å². The number of hydrogen-bond donors (Lipinski definition) is 0. The zero-order valence-electron chi connectivity index (χ0n) is 8.75. The van der Waals surface area contributed by atoms with Crippen LogP contribution in [0.1, 0.15) is 12.5 Å². The van der Waals surface area contributed by atoms with E-state index in [2.05, 4.69) is 23.8 Å². The van der Waals surface area contributed by atoms with E-state index in [1.54, 1.807) is 0 Å². The minimum Gasteiger partial charge on any atom is -0.365 e. The number of aryl methyl sites for hydroxylation is 1. The molecule has 0 bridgehead atoms. The third kappa shape index (κ3) is 1.29. The van der Waals surface area contributed by atoms with E-state index in [0.29, 0.717) is 0 Å². The highest BCUT2D eigenvalue weighted by atomic mass is 35.5. The van der Waals surface area contributed by atoms with Gasteiger partial charge >= 0.3 is 0 Å². The number of nitrogens with zero attached hydrogens (tertiary/aromatic N) is 1. The van der Waals surface area contributed by atoms with E-state index in [1.165, 1.54) is 10.9 Å². The first-order chi connectivity index (χ1) is 7.10. The van der Waals surface area contributed by atoms with E-state index in [-0.39, 0.29) is 5.60 Å². The van der Waals surface area contributed by atoms with Gasteiger partial charge in [-0.25, -0.2) is 0 Å². The van der Waals surface area contributed by atoms with Crippen molar-refractivity contribution in [3.63, 3.8) is 0 Å². The fourth-order valence-electron chi connectivity index (χ4n) is 2.04. The van der Waals surface area contributed by atoms with Crippen molar-refractivity contribution in [2.75, 3.05) is 6.61 Å². The first-order valence-corrected chi connectivity index (χ1v) is 5.37. The zero-order chi connectivity index (χ0) is 10.6. The molecule has 0 saturated carbocycles. The number of hydrogen-bond acceptors (Lipinski definition) is 1. The van der Waals surface area contributed by atoms with Gasteiger partial charge in [0.1, 0.15) is 5.60 Å². The molecule has 2 heterocycles. The highest BCUT2D eigenvalue weighted by Gasteiger charge is 2.43. The van der Waals surface area contributed by atoms with Gasteiger partial charge in [-0.3, -0.25) is 0 Å². The Labute approximate surface area is 93.4 Å². The Balaban J connectivity index is 2.33. The predicted molar refractivity (Wildman–Crippen MR) is 61.2 cm³/mol. The molecular formula is C12H12ClNO. The van der Waals surface area contributed by atoms with Crippen LogP contribution in [0.3, 0.4) is 0 Å². The number of rotatable bonds is 1. The topological polar surface area (TPSA) is 17.5 Å². The van der Waals surface area contributed by atoms with Crippen LogP contribution in [-0.4, -0.2) is 11.2 Å². The molecule has 1 aliphatic heterocycles. The molecule has 15 heavy (non-hydrogen) atoms. The quantitative estimate of drug-likeness (QED) is 0.677. The molecule has 0 spiro atoms. The van der Waals surface area contributed by atoms with Crippen LogP contribution in [0, 0.1) is 0 Å². The molecule has 0 aliphatic carbocycles. The van der Waals surface area contributed by atoms with E-state index < -0.39 is 0 Å². The van der Waals surface area contributed by atoms with Crippen molar-refractivity contribution >= 4 is 22.5 Å². The summed E-state index contributed by atoms with van der Waals surface area (Å²) in [4.78, 5) is 0. The minimum atomic E-state index is -0.0761.